The number of carbonyl (C=O) groups excluding carboxylic acids is 2. The van der Waals surface area contributed by atoms with Gasteiger partial charge in [0.05, 0.1) is 5.51 Å². The van der Waals surface area contributed by atoms with Crippen molar-refractivity contribution >= 4 is 23.2 Å². The highest BCUT2D eigenvalue weighted by molar-refractivity contribution is 7.07. The number of nitrogens with one attached hydrogen (secondary N) is 1. The molecule has 0 fully saturated rings. The van der Waals surface area contributed by atoms with Crippen LogP contribution in [0, 0.1) is 0 Å². The lowest BCUT2D eigenvalue weighted by Gasteiger charge is -2.24. The van der Waals surface area contributed by atoms with Crippen molar-refractivity contribution in [2.75, 3.05) is 0 Å². The predicted molar refractivity (Wildman–Crippen MR) is 57.5 cm³/mol. The molecule has 0 saturated carbocycles. The van der Waals surface area contributed by atoms with Crippen molar-refractivity contribution in [1.82, 2.24) is 10.3 Å². The summed E-state index contributed by atoms with van der Waals surface area (Å²) >= 11 is 1.34. The number of hydrogen-bond acceptors (Lipinski definition) is 4. The van der Waals surface area contributed by atoms with E-state index in [-0.39, 0.29) is 12.3 Å². The zero-order chi connectivity index (χ0) is 11.5. The van der Waals surface area contributed by atoms with Crippen molar-refractivity contribution in [2.45, 2.75) is 25.8 Å². The fourth-order valence-corrected chi connectivity index (χ4v) is 1.71. The van der Waals surface area contributed by atoms with Gasteiger partial charge in [0.15, 0.2) is 0 Å². The quantitative estimate of drug-likeness (QED) is 0.786. The van der Waals surface area contributed by atoms with Crippen LogP contribution in [-0.4, -0.2) is 22.3 Å². The molecule has 3 N–H and O–H groups in total. The van der Waals surface area contributed by atoms with Crippen LogP contribution in [0.4, 0.5) is 0 Å². The molecule has 1 rings (SSSR count). The largest absolute Gasteiger partial charge is 0.370 e. The van der Waals surface area contributed by atoms with Gasteiger partial charge in [0.1, 0.15) is 5.69 Å². The van der Waals surface area contributed by atoms with E-state index >= 15 is 0 Å². The van der Waals surface area contributed by atoms with E-state index in [4.69, 9.17) is 5.73 Å². The first-order valence-corrected chi connectivity index (χ1v) is 5.34. The van der Waals surface area contributed by atoms with Crippen LogP contribution in [0.5, 0.6) is 0 Å². The Morgan fingerprint density at radius 1 is 1.60 bits per heavy atom. The van der Waals surface area contributed by atoms with Crippen LogP contribution in [0.15, 0.2) is 10.9 Å². The molecule has 0 atom stereocenters. The maximum Gasteiger partial charge on any atom is 0.271 e. The highest BCUT2D eigenvalue weighted by atomic mass is 32.1. The summed E-state index contributed by atoms with van der Waals surface area (Å²) < 4.78 is 0. The number of carbonyl (C=O) groups is 2. The van der Waals surface area contributed by atoms with Crippen LogP contribution < -0.4 is 11.1 Å². The van der Waals surface area contributed by atoms with Crippen molar-refractivity contribution in [3.8, 4) is 0 Å². The van der Waals surface area contributed by atoms with Gasteiger partial charge in [-0.15, -0.1) is 11.3 Å². The Hall–Kier alpha value is -1.43. The molecule has 2 amide bonds. The smallest absolute Gasteiger partial charge is 0.271 e. The molecule has 5 nitrogen and oxygen atoms in total. The zero-order valence-electron chi connectivity index (χ0n) is 8.61. The predicted octanol–water partition coefficient (Wildman–Crippen LogP) is 0.527. The SMILES string of the molecule is CC(C)(CC(N)=O)NC(=O)c1cscn1. The number of nitrogens with zero attached hydrogens (tertiary/aromatic N) is 1. The van der Waals surface area contributed by atoms with Gasteiger partial charge in [0.25, 0.3) is 5.91 Å². The van der Waals surface area contributed by atoms with E-state index in [0.29, 0.717) is 5.69 Å². The number of rotatable bonds is 4. The van der Waals surface area contributed by atoms with Gasteiger partial charge in [-0.25, -0.2) is 4.98 Å². The lowest BCUT2D eigenvalue weighted by molar-refractivity contribution is -0.119. The number of aromatic nitrogens is 1. The summed E-state index contributed by atoms with van der Waals surface area (Å²) in [6, 6.07) is 0. The molecule has 0 radical (unpaired) electrons. The fourth-order valence-electron chi connectivity index (χ4n) is 1.18. The van der Waals surface area contributed by atoms with Crippen molar-refractivity contribution < 1.29 is 9.59 Å². The second kappa shape index (κ2) is 4.39. The lowest BCUT2D eigenvalue weighted by atomic mass is 10.0. The Kier molecular flexibility index (Phi) is 3.41. The van der Waals surface area contributed by atoms with Crippen LogP contribution in [-0.2, 0) is 4.79 Å². The molecule has 1 heterocycles. The van der Waals surface area contributed by atoms with Gasteiger partial charge < -0.3 is 11.1 Å². The molecule has 0 bridgehead atoms. The van der Waals surface area contributed by atoms with Gasteiger partial charge in [-0.3, -0.25) is 9.59 Å². The summed E-state index contributed by atoms with van der Waals surface area (Å²) in [4.78, 5) is 26.2. The maximum atomic E-state index is 11.6. The van der Waals surface area contributed by atoms with Crippen LogP contribution in [0.2, 0.25) is 0 Å². The van der Waals surface area contributed by atoms with E-state index in [2.05, 4.69) is 10.3 Å². The molecular formula is C9H13N3O2S. The van der Waals surface area contributed by atoms with Crippen LogP contribution >= 0.6 is 11.3 Å². The van der Waals surface area contributed by atoms with Crippen molar-refractivity contribution in [3.05, 3.63) is 16.6 Å². The molecule has 0 spiro atoms. The summed E-state index contributed by atoms with van der Waals surface area (Å²) in [6.45, 7) is 3.48. The molecule has 15 heavy (non-hydrogen) atoms. The molecule has 0 aliphatic heterocycles. The van der Waals surface area contributed by atoms with E-state index in [0.717, 1.165) is 0 Å². The molecule has 1 aromatic heterocycles. The number of thiazole rings is 1. The first kappa shape index (κ1) is 11.6. The van der Waals surface area contributed by atoms with Crippen molar-refractivity contribution in [1.29, 1.82) is 0 Å². The molecule has 6 heteroatoms. The van der Waals surface area contributed by atoms with E-state index in [1.807, 2.05) is 0 Å². The Balaban J connectivity index is 2.61. The molecule has 0 saturated heterocycles. The topological polar surface area (TPSA) is 85.1 Å². The fraction of sp³-hybridized carbons (Fsp3) is 0.444. The Bertz CT molecular complexity index is 359. The Morgan fingerprint density at radius 3 is 2.73 bits per heavy atom. The van der Waals surface area contributed by atoms with E-state index in [1.165, 1.54) is 11.3 Å². The van der Waals surface area contributed by atoms with Gasteiger partial charge >= 0.3 is 0 Å². The molecule has 82 valence electrons. The van der Waals surface area contributed by atoms with Gasteiger partial charge in [0, 0.05) is 17.3 Å². The normalized spacial score (nSPS) is 11.1. The third kappa shape index (κ3) is 3.67. The van der Waals surface area contributed by atoms with Gasteiger partial charge in [0.2, 0.25) is 5.91 Å². The minimum Gasteiger partial charge on any atom is -0.370 e. The average Bonchev–Trinajstić information content (AvgIpc) is 2.50. The minimum atomic E-state index is -0.646. The standard InChI is InChI=1S/C9H13N3O2S/c1-9(2,3-7(10)13)12-8(14)6-4-15-5-11-6/h4-5H,3H2,1-2H3,(H2,10,13)(H,12,14). The summed E-state index contributed by atoms with van der Waals surface area (Å²) in [5.41, 5.74) is 6.36. The number of primary amides is 1. The number of amides is 2. The summed E-state index contributed by atoms with van der Waals surface area (Å²) in [7, 11) is 0. The molecule has 0 aromatic carbocycles. The van der Waals surface area contributed by atoms with Crippen LogP contribution in [0.3, 0.4) is 0 Å². The van der Waals surface area contributed by atoms with Crippen LogP contribution in [0.25, 0.3) is 0 Å². The average molecular weight is 227 g/mol. The summed E-state index contributed by atoms with van der Waals surface area (Å²) in [5, 5.41) is 4.34. The van der Waals surface area contributed by atoms with E-state index in [9.17, 15) is 9.59 Å². The highest BCUT2D eigenvalue weighted by Crippen LogP contribution is 2.09. The van der Waals surface area contributed by atoms with Gasteiger partial charge in [-0.2, -0.15) is 0 Å². The third-order valence-corrected chi connectivity index (χ3v) is 2.32. The zero-order valence-corrected chi connectivity index (χ0v) is 9.43. The minimum absolute atomic E-state index is 0.100. The van der Waals surface area contributed by atoms with Crippen LogP contribution in [0.1, 0.15) is 30.8 Å². The summed E-state index contributed by atoms with van der Waals surface area (Å²) in [5.74, 6) is -0.735. The first-order chi connectivity index (χ1) is 6.91. The molecular weight excluding hydrogens is 214 g/mol. The molecule has 1 aromatic rings. The Morgan fingerprint density at radius 2 is 2.27 bits per heavy atom. The second-order valence-electron chi connectivity index (χ2n) is 3.85. The van der Waals surface area contributed by atoms with E-state index in [1.54, 1.807) is 24.7 Å². The van der Waals surface area contributed by atoms with Gasteiger partial charge in [-0.05, 0) is 13.8 Å². The first-order valence-electron chi connectivity index (χ1n) is 4.40. The second-order valence-corrected chi connectivity index (χ2v) is 4.57. The van der Waals surface area contributed by atoms with Gasteiger partial charge in [-0.1, -0.05) is 0 Å². The van der Waals surface area contributed by atoms with Crippen molar-refractivity contribution in [3.63, 3.8) is 0 Å². The van der Waals surface area contributed by atoms with Crippen molar-refractivity contribution in [2.24, 2.45) is 5.73 Å². The lowest BCUT2D eigenvalue weighted by Crippen LogP contribution is -2.46. The van der Waals surface area contributed by atoms with E-state index < -0.39 is 11.4 Å². The molecule has 0 aliphatic carbocycles. The number of hydrogen-bond donors (Lipinski definition) is 2. The molecule has 0 aliphatic rings. The third-order valence-electron chi connectivity index (χ3n) is 1.73. The maximum absolute atomic E-state index is 11.6. The Labute approximate surface area is 91.7 Å². The summed E-state index contributed by atoms with van der Waals surface area (Å²) in [6.07, 6.45) is 0.100. The monoisotopic (exact) mass is 227 g/mol. The number of nitrogens with two attached hydrogens (primary N) is 1. The highest BCUT2D eigenvalue weighted by Gasteiger charge is 2.23. The molecule has 0 unspecified atom stereocenters.